The summed E-state index contributed by atoms with van der Waals surface area (Å²) in [7, 11) is -2.11. The maximum atomic E-state index is 2.66. The number of benzene rings is 4. The van der Waals surface area contributed by atoms with E-state index in [1.165, 1.54) is 33.4 Å². The summed E-state index contributed by atoms with van der Waals surface area (Å²) < 4.78 is 1.23. The second kappa shape index (κ2) is 10.2. The molecule has 0 aromatic heterocycles. The van der Waals surface area contributed by atoms with Crippen molar-refractivity contribution in [3.63, 3.8) is 0 Å². The molecule has 44 heavy (non-hydrogen) atoms. The Balaban J connectivity index is 1.41. The molecule has 0 radical (unpaired) electrons. The fraction of sp³-hybridized carbons (Fsp3) is 0.333. The minimum absolute atomic E-state index is 0.157. The van der Waals surface area contributed by atoms with Crippen LogP contribution in [-0.4, -0.2) is 28.4 Å². The molecular formula is C42H46MgSi. The average molecular weight is 603 g/mol. The minimum atomic E-state index is -2.11. The third-order valence-corrected chi connectivity index (χ3v) is 18.0. The maximum absolute atomic E-state index is 2.66. The third-order valence-electron chi connectivity index (χ3n) is 11.1. The van der Waals surface area contributed by atoms with Crippen molar-refractivity contribution in [3.05, 3.63) is 129 Å². The molecule has 0 fully saturated rings. The van der Waals surface area contributed by atoms with Gasteiger partial charge < -0.3 is 0 Å². The van der Waals surface area contributed by atoms with Gasteiger partial charge >= 0.3 is 20.4 Å². The van der Waals surface area contributed by atoms with E-state index in [9.17, 15) is 0 Å². The van der Waals surface area contributed by atoms with E-state index in [1.807, 2.05) is 0 Å². The van der Waals surface area contributed by atoms with Gasteiger partial charge in [-0.15, -0.1) is 0 Å². The van der Waals surface area contributed by atoms with Gasteiger partial charge in [-0.3, -0.25) is 0 Å². The summed E-state index contributed by atoms with van der Waals surface area (Å²) in [5, 5.41) is 3.44. The molecule has 220 valence electrons. The van der Waals surface area contributed by atoms with Crippen LogP contribution in [0.2, 0.25) is 13.1 Å². The Morgan fingerprint density at radius 3 is 1.23 bits per heavy atom. The molecule has 4 aromatic rings. The Bertz CT molecular complexity index is 1730. The predicted molar refractivity (Wildman–Crippen MR) is 195 cm³/mol. The lowest BCUT2D eigenvalue weighted by Gasteiger charge is -2.33. The normalized spacial score (nSPS) is 20.0. The predicted octanol–water partition coefficient (Wildman–Crippen LogP) is 11.5. The standard InChI is InChI=1S/C42H46Si.Mg/c1-27-25-31-13-11-15-35(29-17-21-33(22-18-29)41(3,4)5)37(31)39(27)43(9,10)40-28(2)26-32-14-12-16-36(38(32)40)30-19-23-34(24-20-30)42(6,7)8;/h11-26H,1-10H3;. The highest BCUT2D eigenvalue weighted by Gasteiger charge is 2.49. The van der Waals surface area contributed by atoms with Crippen LogP contribution in [0.4, 0.5) is 0 Å². The van der Waals surface area contributed by atoms with Gasteiger partial charge in [0.05, 0.1) is 0 Å². The van der Waals surface area contributed by atoms with E-state index in [4.69, 9.17) is 0 Å². The summed E-state index contributed by atoms with van der Waals surface area (Å²) in [6.45, 7) is 24.2. The summed E-state index contributed by atoms with van der Waals surface area (Å²) in [5.74, 6) is 0. The highest BCUT2D eigenvalue weighted by Crippen LogP contribution is 2.60. The van der Waals surface area contributed by atoms with E-state index in [-0.39, 0.29) is 10.8 Å². The molecule has 4 bridgehead atoms. The quantitative estimate of drug-likeness (QED) is 0.200. The lowest BCUT2D eigenvalue weighted by atomic mass is 9.86. The smallest absolute Gasteiger partial charge is 0.0910 e. The first-order valence-corrected chi connectivity index (χ1v) is 21.2. The van der Waals surface area contributed by atoms with Gasteiger partial charge in [0.2, 0.25) is 0 Å². The Hall–Kier alpha value is -2.66. The fourth-order valence-corrected chi connectivity index (χ4v) is 16.4. The number of fused-ring (bicyclic) bond motifs is 8. The van der Waals surface area contributed by atoms with E-state index in [2.05, 4.69) is 153 Å². The van der Waals surface area contributed by atoms with Crippen molar-refractivity contribution >= 4 is 38.8 Å². The topological polar surface area (TPSA) is 0 Å². The molecule has 0 N–H and O–H groups in total. The molecule has 7 rings (SSSR count). The van der Waals surface area contributed by atoms with Crippen LogP contribution in [0, 0.1) is 0 Å². The molecule has 2 aliphatic carbocycles. The van der Waals surface area contributed by atoms with Crippen molar-refractivity contribution in [1.82, 2.24) is 0 Å². The van der Waals surface area contributed by atoms with Gasteiger partial charge in [-0.05, 0) is 79.6 Å². The number of hydrogen-bond donors (Lipinski definition) is 0. The zero-order valence-corrected chi connectivity index (χ0v) is 30.9. The molecule has 0 nitrogen and oxygen atoms in total. The monoisotopic (exact) mass is 602 g/mol. The lowest BCUT2D eigenvalue weighted by molar-refractivity contribution is 0.590. The molecule has 1 aliphatic heterocycles. The average Bonchev–Trinajstić information content (AvgIpc) is 3.44. The van der Waals surface area contributed by atoms with E-state index < -0.39 is 28.4 Å². The first-order chi connectivity index (χ1) is 20.7. The van der Waals surface area contributed by atoms with Crippen LogP contribution in [0.15, 0.2) is 96.1 Å². The summed E-state index contributed by atoms with van der Waals surface area (Å²) >= 11 is -0.533. The van der Waals surface area contributed by atoms with Crippen LogP contribution in [0.1, 0.15) is 96.9 Å². The Kier molecular flexibility index (Phi) is 6.94. The summed E-state index contributed by atoms with van der Waals surface area (Å²) in [6.07, 6.45) is 0. The summed E-state index contributed by atoms with van der Waals surface area (Å²) in [6, 6.07) is 33.4. The van der Waals surface area contributed by atoms with Crippen molar-refractivity contribution in [3.8, 4) is 22.3 Å². The number of allylic oxidation sites excluding steroid dienone is 2. The van der Waals surface area contributed by atoms with Crippen LogP contribution in [0.5, 0.6) is 0 Å². The molecule has 3 aliphatic rings. The van der Waals surface area contributed by atoms with Gasteiger partial charge in [0, 0.05) is 0 Å². The zero-order valence-electron chi connectivity index (χ0n) is 28.4. The molecule has 0 saturated carbocycles. The second-order valence-electron chi connectivity index (χ2n) is 16.3. The van der Waals surface area contributed by atoms with Gasteiger partial charge in [-0.2, -0.15) is 0 Å². The van der Waals surface area contributed by atoms with Crippen LogP contribution in [-0.2, 0) is 10.8 Å². The SMILES string of the molecule is CC1=C2c3c(-c4ccc(C(C)(C)C)cc4)cccc3[CH]1[Mg][CH]1C(C)=C(c3c(-c4ccc(C(C)(C)C)cc4)cccc31)[Si]2(C)C. The maximum Gasteiger partial charge on any atom is 0.400 e. The van der Waals surface area contributed by atoms with E-state index in [1.54, 1.807) is 43.8 Å². The van der Waals surface area contributed by atoms with E-state index in [0.717, 1.165) is 0 Å². The van der Waals surface area contributed by atoms with Crippen LogP contribution >= 0.6 is 0 Å². The molecule has 0 amide bonds. The Morgan fingerprint density at radius 1 is 0.523 bits per heavy atom. The van der Waals surface area contributed by atoms with Crippen molar-refractivity contribution < 1.29 is 0 Å². The molecule has 2 heteroatoms. The van der Waals surface area contributed by atoms with Gasteiger partial charge in [0.25, 0.3) is 0 Å². The molecule has 1 heterocycles. The molecule has 2 atom stereocenters. The highest BCUT2D eigenvalue weighted by atomic mass is 28.3. The summed E-state index contributed by atoms with van der Waals surface area (Å²) in [5.41, 5.74) is 18.5. The van der Waals surface area contributed by atoms with Crippen molar-refractivity contribution in [1.29, 1.82) is 0 Å². The largest absolute Gasteiger partial charge is 0.400 e. The second-order valence-corrected chi connectivity index (χ2v) is 22.6. The first-order valence-electron chi connectivity index (χ1n) is 16.6. The molecule has 0 saturated heterocycles. The number of hydrogen-bond acceptors (Lipinski definition) is 0. The van der Waals surface area contributed by atoms with Crippen LogP contribution < -0.4 is 0 Å². The zero-order chi connectivity index (χ0) is 31.3. The van der Waals surface area contributed by atoms with Crippen molar-refractivity contribution in [2.24, 2.45) is 0 Å². The van der Waals surface area contributed by atoms with Gasteiger partial charge in [0.1, 0.15) is 8.07 Å². The van der Waals surface area contributed by atoms with Gasteiger partial charge in [0.15, 0.2) is 0 Å². The Labute approximate surface area is 276 Å². The van der Waals surface area contributed by atoms with Gasteiger partial charge in [-0.1, -0.05) is 170 Å². The fourth-order valence-electron chi connectivity index (χ4n) is 8.85. The highest BCUT2D eigenvalue weighted by molar-refractivity contribution is 7.09. The van der Waals surface area contributed by atoms with Crippen LogP contribution in [0.3, 0.4) is 0 Å². The first kappa shape index (κ1) is 30.0. The van der Waals surface area contributed by atoms with Crippen LogP contribution in [0.25, 0.3) is 32.6 Å². The molecule has 2 unspecified atom stereocenters. The lowest BCUT2D eigenvalue weighted by Crippen LogP contribution is -2.32. The Morgan fingerprint density at radius 2 is 0.886 bits per heavy atom. The molecular weight excluding hydrogens is 557 g/mol. The van der Waals surface area contributed by atoms with E-state index >= 15 is 0 Å². The minimum Gasteiger partial charge on any atom is -0.0910 e. The third kappa shape index (κ3) is 4.50. The molecule has 4 aromatic carbocycles. The summed E-state index contributed by atoms with van der Waals surface area (Å²) in [4.78, 5) is 0. The van der Waals surface area contributed by atoms with E-state index in [0.29, 0.717) is 8.09 Å². The van der Waals surface area contributed by atoms with Crippen molar-refractivity contribution in [2.45, 2.75) is 87.4 Å². The van der Waals surface area contributed by atoms with Gasteiger partial charge in [-0.25, -0.2) is 0 Å². The number of rotatable bonds is 2. The van der Waals surface area contributed by atoms with Crippen molar-refractivity contribution in [2.75, 3.05) is 0 Å². The molecule has 0 spiro atoms.